The topological polar surface area (TPSA) is 51.5 Å². The first kappa shape index (κ1) is 13.2. The summed E-state index contributed by atoms with van der Waals surface area (Å²) in [6.45, 7) is 1.97. The van der Waals surface area contributed by atoms with E-state index >= 15 is 0 Å². The van der Waals surface area contributed by atoms with Gasteiger partial charge in [-0.1, -0.05) is 6.92 Å². The second-order valence-electron chi connectivity index (χ2n) is 3.55. The first-order valence-corrected chi connectivity index (χ1v) is 5.41. The monoisotopic (exact) mass is 235 g/mol. The van der Waals surface area contributed by atoms with Gasteiger partial charge in [0.1, 0.15) is 0 Å². The van der Waals surface area contributed by atoms with E-state index in [2.05, 4.69) is 6.07 Å². The molecule has 0 aliphatic heterocycles. The fourth-order valence-corrected chi connectivity index (χ4v) is 1.70. The van der Waals surface area contributed by atoms with Crippen LogP contribution < -0.4 is 14.2 Å². The molecule has 1 aromatic rings. The molecule has 1 aromatic carbocycles. The van der Waals surface area contributed by atoms with Gasteiger partial charge in [0, 0.05) is 0 Å². The van der Waals surface area contributed by atoms with Crippen molar-refractivity contribution in [1.29, 1.82) is 5.26 Å². The van der Waals surface area contributed by atoms with Crippen molar-refractivity contribution in [3.05, 3.63) is 17.7 Å². The van der Waals surface area contributed by atoms with Gasteiger partial charge in [0.05, 0.1) is 33.3 Å². The minimum absolute atomic E-state index is 0.163. The minimum Gasteiger partial charge on any atom is -0.493 e. The molecule has 0 amide bonds. The highest BCUT2D eigenvalue weighted by atomic mass is 16.5. The summed E-state index contributed by atoms with van der Waals surface area (Å²) < 4.78 is 15.7. The Morgan fingerprint density at radius 1 is 1.12 bits per heavy atom. The zero-order valence-electron chi connectivity index (χ0n) is 10.6. The molecule has 4 nitrogen and oxygen atoms in total. The maximum absolute atomic E-state index is 9.07. The largest absolute Gasteiger partial charge is 0.493 e. The first-order valence-electron chi connectivity index (χ1n) is 5.41. The van der Waals surface area contributed by atoms with Crippen molar-refractivity contribution in [2.75, 3.05) is 21.3 Å². The van der Waals surface area contributed by atoms with Crippen LogP contribution in [0.5, 0.6) is 17.2 Å². The predicted octanol–water partition coefficient (Wildman–Crippen LogP) is 2.73. The third kappa shape index (κ3) is 2.62. The molecule has 0 saturated carbocycles. The molecule has 0 aliphatic rings. The molecule has 0 aliphatic carbocycles. The molecule has 1 atom stereocenters. The Morgan fingerprint density at radius 3 is 1.94 bits per heavy atom. The molecular formula is C13H17NO3. The van der Waals surface area contributed by atoms with Gasteiger partial charge in [-0.25, -0.2) is 0 Å². The van der Waals surface area contributed by atoms with Crippen LogP contribution in [0.2, 0.25) is 0 Å². The second-order valence-corrected chi connectivity index (χ2v) is 3.55. The Bertz CT molecular complexity index is 398. The number of benzene rings is 1. The maximum Gasteiger partial charge on any atom is 0.203 e. The fraction of sp³-hybridized carbons (Fsp3) is 0.462. The van der Waals surface area contributed by atoms with Crippen molar-refractivity contribution >= 4 is 0 Å². The van der Waals surface area contributed by atoms with E-state index in [1.54, 1.807) is 21.3 Å². The van der Waals surface area contributed by atoms with Crippen LogP contribution >= 0.6 is 0 Å². The summed E-state index contributed by atoms with van der Waals surface area (Å²) in [5.41, 5.74) is 0.879. The van der Waals surface area contributed by atoms with E-state index < -0.39 is 0 Å². The lowest BCUT2D eigenvalue weighted by molar-refractivity contribution is 0.323. The van der Waals surface area contributed by atoms with Crippen molar-refractivity contribution in [3.63, 3.8) is 0 Å². The molecule has 0 spiro atoms. The number of rotatable bonds is 5. The van der Waals surface area contributed by atoms with Crippen molar-refractivity contribution in [3.8, 4) is 23.3 Å². The molecular weight excluding hydrogens is 218 g/mol. The standard InChI is InChI=1S/C13H17NO3/c1-5-9(8-14)10-6-11(15-2)13(17-4)12(7-10)16-3/h6-7,9H,5H2,1-4H3/t9-/m0/s1. The van der Waals surface area contributed by atoms with Gasteiger partial charge >= 0.3 is 0 Å². The lowest BCUT2D eigenvalue weighted by Gasteiger charge is -2.15. The molecule has 0 unspecified atom stereocenters. The lowest BCUT2D eigenvalue weighted by Crippen LogP contribution is -2.00. The van der Waals surface area contributed by atoms with Crippen molar-refractivity contribution in [2.45, 2.75) is 19.3 Å². The number of hydrogen-bond acceptors (Lipinski definition) is 4. The van der Waals surface area contributed by atoms with Crippen molar-refractivity contribution in [1.82, 2.24) is 0 Å². The molecule has 0 fully saturated rings. The molecule has 17 heavy (non-hydrogen) atoms. The van der Waals surface area contributed by atoms with Gasteiger partial charge in [0.15, 0.2) is 11.5 Å². The van der Waals surface area contributed by atoms with Gasteiger partial charge < -0.3 is 14.2 Å². The van der Waals surface area contributed by atoms with Crippen LogP contribution in [0.1, 0.15) is 24.8 Å². The predicted molar refractivity (Wildman–Crippen MR) is 64.7 cm³/mol. The minimum atomic E-state index is -0.163. The van der Waals surface area contributed by atoms with Crippen molar-refractivity contribution in [2.24, 2.45) is 0 Å². The molecule has 92 valence electrons. The van der Waals surface area contributed by atoms with Gasteiger partial charge in [-0.15, -0.1) is 0 Å². The van der Waals surface area contributed by atoms with E-state index in [9.17, 15) is 0 Å². The van der Waals surface area contributed by atoms with Crippen LogP contribution in [-0.2, 0) is 0 Å². The number of hydrogen-bond donors (Lipinski definition) is 0. The molecule has 0 heterocycles. The quantitative estimate of drug-likeness (QED) is 0.787. The summed E-state index contributed by atoms with van der Waals surface area (Å²) in [4.78, 5) is 0. The van der Waals surface area contributed by atoms with E-state index in [4.69, 9.17) is 19.5 Å². The Morgan fingerprint density at radius 2 is 1.65 bits per heavy atom. The van der Waals surface area contributed by atoms with E-state index in [0.29, 0.717) is 17.2 Å². The van der Waals surface area contributed by atoms with Gasteiger partial charge in [-0.2, -0.15) is 5.26 Å². The molecule has 4 heteroatoms. The number of ether oxygens (including phenoxy) is 3. The lowest BCUT2D eigenvalue weighted by atomic mass is 9.97. The van der Waals surface area contributed by atoms with E-state index in [-0.39, 0.29) is 5.92 Å². The molecule has 0 bridgehead atoms. The van der Waals surface area contributed by atoms with Crippen LogP contribution in [0.15, 0.2) is 12.1 Å². The summed E-state index contributed by atoms with van der Waals surface area (Å²) in [7, 11) is 4.68. The normalized spacial score (nSPS) is 11.5. The highest BCUT2D eigenvalue weighted by molar-refractivity contribution is 5.55. The van der Waals surface area contributed by atoms with Crippen LogP contribution in [0.4, 0.5) is 0 Å². The maximum atomic E-state index is 9.07. The average Bonchev–Trinajstić information content (AvgIpc) is 2.38. The third-order valence-electron chi connectivity index (χ3n) is 2.65. The van der Waals surface area contributed by atoms with Crippen molar-refractivity contribution < 1.29 is 14.2 Å². The summed E-state index contributed by atoms with van der Waals surface area (Å²) in [5.74, 6) is 1.54. The summed E-state index contributed by atoms with van der Waals surface area (Å²) in [5, 5.41) is 9.07. The first-order chi connectivity index (χ1) is 8.21. The molecule has 0 N–H and O–H groups in total. The average molecular weight is 235 g/mol. The Hall–Kier alpha value is -1.89. The van der Waals surface area contributed by atoms with Crippen LogP contribution in [-0.4, -0.2) is 21.3 Å². The van der Waals surface area contributed by atoms with Gasteiger partial charge in [0.2, 0.25) is 5.75 Å². The molecule has 0 radical (unpaired) electrons. The van der Waals surface area contributed by atoms with Gasteiger partial charge in [0.25, 0.3) is 0 Å². The molecule has 1 rings (SSSR count). The Labute approximate surface area is 102 Å². The van der Waals surface area contributed by atoms with Gasteiger partial charge in [-0.05, 0) is 24.1 Å². The number of methoxy groups -OCH3 is 3. The highest BCUT2D eigenvalue weighted by Crippen LogP contribution is 2.40. The highest BCUT2D eigenvalue weighted by Gasteiger charge is 2.17. The summed E-state index contributed by atoms with van der Waals surface area (Å²) in [6, 6.07) is 5.89. The number of nitriles is 1. The fourth-order valence-electron chi connectivity index (χ4n) is 1.70. The smallest absolute Gasteiger partial charge is 0.203 e. The van der Waals surface area contributed by atoms with Crippen LogP contribution in [0.3, 0.4) is 0 Å². The molecule has 0 saturated heterocycles. The number of nitrogens with zero attached hydrogens (tertiary/aromatic N) is 1. The zero-order valence-corrected chi connectivity index (χ0v) is 10.6. The Balaban J connectivity index is 3.32. The van der Waals surface area contributed by atoms with Crippen LogP contribution in [0, 0.1) is 11.3 Å². The van der Waals surface area contributed by atoms with E-state index in [1.165, 1.54) is 0 Å². The van der Waals surface area contributed by atoms with E-state index in [0.717, 1.165) is 12.0 Å². The summed E-state index contributed by atoms with van der Waals surface area (Å²) in [6.07, 6.45) is 0.745. The second kappa shape index (κ2) is 6.00. The summed E-state index contributed by atoms with van der Waals surface area (Å²) >= 11 is 0. The molecule has 0 aromatic heterocycles. The zero-order chi connectivity index (χ0) is 12.8. The van der Waals surface area contributed by atoms with E-state index in [1.807, 2.05) is 19.1 Å². The third-order valence-corrected chi connectivity index (χ3v) is 2.65. The van der Waals surface area contributed by atoms with Crippen LogP contribution in [0.25, 0.3) is 0 Å². The SMILES string of the molecule is CC[C@@H](C#N)c1cc(OC)c(OC)c(OC)c1. The Kier molecular flexibility index (Phi) is 4.65. The van der Waals surface area contributed by atoms with Gasteiger partial charge in [-0.3, -0.25) is 0 Å².